The van der Waals surface area contributed by atoms with Crippen LogP contribution >= 0.6 is 0 Å². The van der Waals surface area contributed by atoms with E-state index in [4.69, 9.17) is 0 Å². The summed E-state index contributed by atoms with van der Waals surface area (Å²) in [5.41, 5.74) is 1.92. The van der Waals surface area contributed by atoms with Gasteiger partial charge in [-0.05, 0) is 12.1 Å². The van der Waals surface area contributed by atoms with Crippen LogP contribution in [-0.4, -0.2) is 6.03 Å². The van der Waals surface area contributed by atoms with Crippen molar-refractivity contribution in [1.82, 2.24) is 0 Å². The molecule has 0 aliphatic heterocycles. The van der Waals surface area contributed by atoms with Gasteiger partial charge in [-0.1, -0.05) is 25.1 Å². The van der Waals surface area contributed by atoms with E-state index >= 15 is 0 Å². The fraction of sp³-hybridized carbons (Fsp3) is 0.143. The first-order valence-corrected chi connectivity index (χ1v) is 6.04. The highest BCUT2D eigenvalue weighted by atomic mass is 16.5. The Labute approximate surface area is 111 Å². The summed E-state index contributed by atoms with van der Waals surface area (Å²) in [6, 6.07) is 12.1. The van der Waals surface area contributed by atoms with Crippen molar-refractivity contribution in [2.45, 2.75) is 13.3 Å². The van der Waals surface area contributed by atoms with Gasteiger partial charge in [0.2, 0.25) is 0 Å². The molecule has 0 atom stereocenters. The fourth-order valence-electron chi connectivity index (χ4n) is 1.69. The standard InChI is InChI=1S/C14H15N3O2/c1-2-13-10-12(8-9-17(13)19)16-14(18)15-11-6-4-3-5-7-11/h3-10H,2H2,1H3,(H2,15,16,18). The van der Waals surface area contributed by atoms with E-state index in [0.29, 0.717) is 23.5 Å². The van der Waals surface area contributed by atoms with Gasteiger partial charge < -0.3 is 15.8 Å². The number of carbonyl (C=O) groups excluding carboxylic acids is 1. The second-order valence-corrected chi connectivity index (χ2v) is 4.03. The quantitative estimate of drug-likeness (QED) is 0.655. The average molecular weight is 257 g/mol. The third-order valence-electron chi connectivity index (χ3n) is 2.65. The number of rotatable bonds is 3. The van der Waals surface area contributed by atoms with Crippen molar-refractivity contribution in [1.29, 1.82) is 0 Å². The van der Waals surface area contributed by atoms with Crippen LogP contribution in [0, 0.1) is 5.21 Å². The molecular weight excluding hydrogens is 242 g/mol. The van der Waals surface area contributed by atoms with Crippen molar-refractivity contribution in [2.75, 3.05) is 10.6 Å². The van der Waals surface area contributed by atoms with Gasteiger partial charge in [0.15, 0.2) is 11.9 Å². The van der Waals surface area contributed by atoms with Crippen LogP contribution in [0.5, 0.6) is 0 Å². The minimum atomic E-state index is -0.336. The van der Waals surface area contributed by atoms with Gasteiger partial charge in [-0.2, -0.15) is 4.73 Å². The maximum absolute atomic E-state index is 11.8. The van der Waals surface area contributed by atoms with Gasteiger partial charge in [0.25, 0.3) is 0 Å². The van der Waals surface area contributed by atoms with Crippen molar-refractivity contribution in [3.63, 3.8) is 0 Å². The largest absolute Gasteiger partial charge is 0.618 e. The molecule has 0 unspecified atom stereocenters. The van der Waals surface area contributed by atoms with Crippen LogP contribution in [0.15, 0.2) is 48.7 Å². The van der Waals surface area contributed by atoms with Gasteiger partial charge in [-0.15, -0.1) is 0 Å². The highest BCUT2D eigenvalue weighted by Gasteiger charge is 2.07. The van der Waals surface area contributed by atoms with E-state index in [1.165, 1.54) is 6.20 Å². The number of urea groups is 1. The Kier molecular flexibility index (Phi) is 3.97. The summed E-state index contributed by atoms with van der Waals surface area (Å²) in [6.45, 7) is 1.89. The van der Waals surface area contributed by atoms with Gasteiger partial charge in [0.1, 0.15) is 0 Å². The normalized spacial score (nSPS) is 9.95. The SMILES string of the molecule is CCc1cc(NC(=O)Nc2ccccc2)cc[n+]1[O-]. The zero-order valence-corrected chi connectivity index (χ0v) is 10.6. The van der Waals surface area contributed by atoms with E-state index in [1.807, 2.05) is 25.1 Å². The molecule has 0 aliphatic carbocycles. The Morgan fingerprint density at radius 1 is 1.16 bits per heavy atom. The lowest BCUT2D eigenvalue weighted by Crippen LogP contribution is -2.31. The molecule has 1 aromatic heterocycles. The Hall–Kier alpha value is -2.56. The third-order valence-corrected chi connectivity index (χ3v) is 2.65. The number of anilines is 2. The van der Waals surface area contributed by atoms with E-state index in [-0.39, 0.29) is 6.03 Å². The minimum Gasteiger partial charge on any atom is -0.618 e. The van der Waals surface area contributed by atoms with Gasteiger partial charge in [0.05, 0.1) is 5.69 Å². The lowest BCUT2D eigenvalue weighted by molar-refractivity contribution is -0.613. The smallest absolute Gasteiger partial charge is 0.323 e. The van der Waals surface area contributed by atoms with E-state index in [9.17, 15) is 10.0 Å². The lowest BCUT2D eigenvalue weighted by atomic mass is 10.2. The fourth-order valence-corrected chi connectivity index (χ4v) is 1.69. The number of hydrogen-bond acceptors (Lipinski definition) is 2. The molecule has 2 aromatic rings. The van der Waals surface area contributed by atoms with Crippen LogP contribution < -0.4 is 15.4 Å². The molecule has 2 rings (SSSR count). The van der Waals surface area contributed by atoms with Gasteiger partial charge in [0, 0.05) is 24.2 Å². The average Bonchev–Trinajstić information content (AvgIpc) is 2.42. The Balaban J connectivity index is 2.03. The maximum atomic E-state index is 11.8. The molecule has 0 radical (unpaired) electrons. The molecule has 98 valence electrons. The van der Waals surface area contributed by atoms with E-state index in [2.05, 4.69) is 10.6 Å². The molecule has 5 heteroatoms. The molecule has 0 aliphatic rings. The number of aryl methyl sites for hydroxylation is 1. The number of pyridine rings is 1. The summed E-state index contributed by atoms with van der Waals surface area (Å²) in [5.74, 6) is 0. The summed E-state index contributed by atoms with van der Waals surface area (Å²) in [7, 11) is 0. The summed E-state index contributed by atoms with van der Waals surface area (Å²) < 4.78 is 0.792. The molecule has 1 heterocycles. The number of para-hydroxylation sites is 1. The zero-order chi connectivity index (χ0) is 13.7. The molecule has 1 aromatic carbocycles. The number of nitrogens with zero attached hydrogens (tertiary/aromatic N) is 1. The Morgan fingerprint density at radius 3 is 2.53 bits per heavy atom. The summed E-state index contributed by atoms with van der Waals surface area (Å²) in [5, 5.41) is 16.8. The van der Waals surface area contributed by atoms with E-state index in [1.54, 1.807) is 24.3 Å². The number of hydrogen-bond donors (Lipinski definition) is 2. The maximum Gasteiger partial charge on any atom is 0.323 e. The Morgan fingerprint density at radius 2 is 1.84 bits per heavy atom. The topological polar surface area (TPSA) is 68.1 Å². The predicted octanol–water partition coefficient (Wildman–Crippen LogP) is 2.53. The number of amides is 2. The highest BCUT2D eigenvalue weighted by Crippen LogP contribution is 2.09. The second kappa shape index (κ2) is 5.86. The van der Waals surface area contributed by atoms with Crippen LogP contribution in [0.2, 0.25) is 0 Å². The first-order chi connectivity index (χ1) is 9.19. The first-order valence-electron chi connectivity index (χ1n) is 6.04. The monoisotopic (exact) mass is 257 g/mol. The van der Waals surface area contributed by atoms with E-state index in [0.717, 1.165) is 4.73 Å². The highest BCUT2D eigenvalue weighted by molar-refractivity contribution is 5.99. The third kappa shape index (κ3) is 3.45. The Bertz CT molecular complexity index is 570. The van der Waals surface area contributed by atoms with Gasteiger partial charge >= 0.3 is 6.03 Å². The minimum absolute atomic E-state index is 0.336. The molecule has 0 bridgehead atoms. The van der Waals surface area contributed by atoms with Crippen molar-refractivity contribution >= 4 is 17.4 Å². The number of carbonyl (C=O) groups is 1. The van der Waals surface area contributed by atoms with Crippen molar-refractivity contribution in [3.8, 4) is 0 Å². The number of nitrogens with one attached hydrogen (secondary N) is 2. The summed E-state index contributed by atoms with van der Waals surface area (Å²) in [6.07, 6.45) is 2.00. The summed E-state index contributed by atoms with van der Waals surface area (Å²) >= 11 is 0. The van der Waals surface area contributed by atoms with Crippen molar-refractivity contribution in [3.05, 3.63) is 59.6 Å². The van der Waals surface area contributed by atoms with Gasteiger partial charge in [-0.25, -0.2) is 4.79 Å². The van der Waals surface area contributed by atoms with Crippen molar-refractivity contribution in [2.24, 2.45) is 0 Å². The molecule has 5 nitrogen and oxygen atoms in total. The van der Waals surface area contributed by atoms with E-state index < -0.39 is 0 Å². The molecule has 0 spiro atoms. The van der Waals surface area contributed by atoms with Gasteiger partial charge in [-0.3, -0.25) is 0 Å². The van der Waals surface area contributed by atoms with Crippen LogP contribution in [0.4, 0.5) is 16.2 Å². The lowest BCUT2D eigenvalue weighted by Gasteiger charge is -2.08. The van der Waals surface area contributed by atoms with Crippen LogP contribution in [0.1, 0.15) is 12.6 Å². The molecule has 0 saturated heterocycles. The zero-order valence-electron chi connectivity index (χ0n) is 10.6. The predicted molar refractivity (Wildman–Crippen MR) is 73.9 cm³/mol. The molecule has 19 heavy (non-hydrogen) atoms. The number of benzene rings is 1. The van der Waals surface area contributed by atoms with Crippen LogP contribution in [0.3, 0.4) is 0 Å². The molecular formula is C14H15N3O2. The number of aromatic nitrogens is 1. The van der Waals surface area contributed by atoms with Crippen LogP contribution in [-0.2, 0) is 6.42 Å². The molecule has 0 fully saturated rings. The molecule has 2 N–H and O–H groups in total. The molecule has 0 saturated carbocycles. The molecule has 2 amide bonds. The second-order valence-electron chi connectivity index (χ2n) is 4.03. The van der Waals surface area contributed by atoms with Crippen LogP contribution in [0.25, 0.3) is 0 Å². The van der Waals surface area contributed by atoms with Crippen molar-refractivity contribution < 1.29 is 9.52 Å². The first kappa shape index (κ1) is 12.9. The summed E-state index contributed by atoms with van der Waals surface area (Å²) in [4.78, 5) is 11.8.